The first kappa shape index (κ1) is 14.6. The van der Waals surface area contributed by atoms with E-state index in [0.29, 0.717) is 0 Å². The van der Waals surface area contributed by atoms with Crippen molar-refractivity contribution in [1.29, 1.82) is 0 Å². The van der Waals surface area contributed by atoms with Gasteiger partial charge in [0, 0.05) is 5.69 Å². The predicted molar refractivity (Wildman–Crippen MR) is 73.8 cm³/mol. The SMILES string of the molecule is COC(=O)Cc1ccc(NC(=O)[C@H](C)SC)cc1. The lowest BCUT2D eigenvalue weighted by molar-refractivity contribution is -0.139. The summed E-state index contributed by atoms with van der Waals surface area (Å²) in [6.07, 6.45) is 2.13. The number of benzene rings is 1. The van der Waals surface area contributed by atoms with Gasteiger partial charge in [-0.2, -0.15) is 11.8 Å². The fraction of sp³-hybridized carbons (Fsp3) is 0.385. The molecular weight excluding hydrogens is 250 g/mol. The topological polar surface area (TPSA) is 55.4 Å². The highest BCUT2D eigenvalue weighted by atomic mass is 32.2. The summed E-state index contributed by atoms with van der Waals surface area (Å²) < 4.78 is 4.58. The summed E-state index contributed by atoms with van der Waals surface area (Å²) in [5.74, 6) is -0.300. The number of esters is 1. The van der Waals surface area contributed by atoms with Crippen LogP contribution in [-0.4, -0.2) is 30.5 Å². The third kappa shape index (κ3) is 4.41. The van der Waals surface area contributed by atoms with E-state index in [1.807, 2.05) is 13.2 Å². The molecule has 0 aliphatic carbocycles. The lowest BCUT2D eigenvalue weighted by Gasteiger charge is -2.10. The number of carbonyl (C=O) groups excluding carboxylic acids is 2. The molecule has 0 fully saturated rings. The molecule has 18 heavy (non-hydrogen) atoms. The molecule has 1 aromatic carbocycles. The highest BCUT2D eigenvalue weighted by molar-refractivity contribution is 7.99. The maximum Gasteiger partial charge on any atom is 0.309 e. The number of anilines is 1. The molecule has 0 unspecified atom stereocenters. The zero-order valence-corrected chi connectivity index (χ0v) is 11.5. The molecule has 0 radical (unpaired) electrons. The van der Waals surface area contributed by atoms with E-state index in [-0.39, 0.29) is 23.5 Å². The number of methoxy groups -OCH3 is 1. The monoisotopic (exact) mass is 267 g/mol. The first-order valence-electron chi connectivity index (χ1n) is 5.56. The lowest BCUT2D eigenvalue weighted by atomic mass is 10.1. The molecule has 0 aliphatic heterocycles. The van der Waals surface area contributed by atoms with E-state index >= 15 is 0 Å². The van der Waals surface area contributed by atoms with Gasteiger partial charge in [0.25, 0.3) is 0 Å². The van der Waals surface area contributed by atoms with Crippen LogP contribution in [0, 0.1) is 0 Å². The number of rotatable bonds is 5. The van der Waals surface area contributed by atoms with Crippen LogP contribution in [0.15, 0.2) is 24.3 Å². The zero-order chi connectivity index (χ0) is 13.5. The third-order valence-electron chi connectivity index (χ3n) is 2.52. The minimum atomic E-state index is -0.275. The molecule has 98 valence electrons. The molecule has 0 aliphatic rings. The Labute approximate surface area is 111 Å². The van der Waals surface area contributed by atoms with Crippen molar-refractivity contribution in [2.45, 2.75) is 18.6 Å². The third-order valence-corrected chi connectivity index (χ3v) is 3.44. The highest BCUT2D eigenvalue weighted by Gasteiger charge is 2.11. The second-order valence-electron chi connectivity index (χ2n) is 3.82. The fourth-order valence-corrected chi connectivity index (χ4v) is 1.57. The quantitative estimate of drug-likeness (QED) is 0.830. The Bertz CT molecular complexity index is 417. The second-order valence-corrected chi connectivity index (χ2v) is 5.00. The van der Waals surface area contributed by atoms with Crippen molar-refractivity contribution in [3.05, 3.63) is 29.8 Å². The van der Waals surface area contributed by atoms with Crippen LogP contribution in [0.25, 0.3) is 0 Å². The number of ether oxygens (including phenoxy) is 1. The van der Waals surface area contributed by atoms with Gasteiger partial charge >= 0.3 is 5.97 Å². The fourth-order valence-electron chi connectivity index (χ4n) is 1.30. The van der Waals surface area contributed by atoms with Crippen molar-refractivity contribution >= 4 is 29.3 Å². The van der Waals surface area contributed by atoms with E-state index in [2.05, 4.69) is 10.1 Å². The average Bonchev–Trinajstić information content (AvgIpc) is 2.39. The first-order chi connectivity index (χ1) is 8.56. The number of nitrogens with one attached hydrogen (secondary N) is 1. The van der Waals surface area contributed by atoms with Gasteiger partial charge in [0.2, 0.25) is 5.91 Å². The van der Waals surface area contributed by atoms with Gasteiger partial charge in [0.15, 0.2) is 0 Å². The molecule has 1 atom stereocenters. The van der Waals surface area contributed by atoms with Crippen molar-refractivity contribution < 1.29 is 14.3 Å². The molecule has 0 heterocycles. The Morgan fingerprint density at radius 3 is 2.44 bits per heavy atom. The molecular formula is C13H17NO3S. The van der Waals surface area contributed by atoms with E-state index in [1.54, 1.807) is 24.3 Å². The molecule has 1 aromatic rings. The summed E-state index contributed by atoms with van der Waals surface area (Å²) in [6.45, 7) is 1.85. The van der Waals surface area contributed by atoms with Crippen molar-refractivity contribution in [1.82, 2.24) is 0 Å². The molecule has 1 amide bonds. The van der Waals surface area contributed by atoms with Gasteiger partial charge in [-0.3, -0.25) is 9.59 Å². The van der Waals surface area contributed by atoms with Gasteiger partial charge in [-0.05, 0) is 30.9 Å². The van der Waals surface area contributed by atoms with Crippen molar-refractivity contribution in [2.75, 3.05) is 18.7 Å². The van der Waals surface area contributed by atoms with Crippen LogP contribution in [0.2, 0.25) is 0 Å². The van der Waals surface area contributed by atoms with E-state index in [4.69, 9.17) is 0 Å². The summed E-state index contributed by atoms with van der Waals surface area (Å²) in [4.78, 5) is 22.7. The van der Waals surface area contributed by atoms with Crippen molar-refractivity contribution in [3.8, 4) is 0 Å². The highest BCUT2D eigenvalue weighted by Crippen LogP contribution is 2.13. The smallest absolute Gasteiger partial charge is 0.309 e. The Morgan fingerprint density at radius 2 is 1.94 bits per heavy atom. The molecule has 1 rings (SSSR count). The summed E-state index contributed by atoms with van der Waals surface area (Å²) >= 11 is 1.49. The van der Waals surface area contributed by atoms with Gasteiger partial charge in [-0.15, -0.1) is 0 Å². The van der Waals surface area contributed by atoms with Crippen LogP contribution in [0.5, 0.6) is 0 Å². The van der Waals surface area contributed by atoms with E-state index in [1.165, 1.54) is 18.9 Å². The predicted octanol–water partition coefficient (Wildman–Crippen LogP) is 2.09. The zero-order valence-electron chi connectivity index (χ0n) is 10.7. The Hall–Kier alpha value is -1.49. The Kier molecular flexibility index (Phi) is 5.71. The minimum Gasteiger partial charge on any atom is -0.469 e. The van der Waals surface area contributed by atoms with Crippen molar-refractivity contribution in [2.24, 2.45) is 0 Å². The van der Waals surface area contributed by atoms with Gasteiger partial charge in [0.1, 0.15) is 0 Å². The normalized spacial score (nSPS) is 11.7. The van der Waals surface area contributed by atoms with Crippen LogP contribution in [0.4, 0.5) is 5.69 Å². The molecule has 0 saturated carbocycles. The molecule has 5 heteroatoms. The van der Waals surface area contributed by atoms with Crippen LogP contribution >= 0.6 is 11.8 Å². The van der Waals surface area contributed by atoms with Gasteiger partial charge in [-0.25, -0.2) is 0 Å². The van der Waals surface area contributed by atoms with E-state index in [9.17, 15) is 9.59 Å². The van der Waals surface area contributed by atoms with Crippen molar-refractivity contribution in [3.63, 3.8) is 0 Å². The number of carbonyl (C=O) groups is 2. The second kappa shape index (κ2) is 7.06. The molecule has 0 bridgehead atoms. The number of hydrogen-bond acceptors (Lipinski definition) is 4. The van der Waals surface area contributed by atoms with Crippen LogP contribution in [0.3, 0.4) is 0 Å². The lowest BCUT2D eigenvalue weighted by Crippen LogP contribution is -2.22. The molecule has 0 aromatic heterocycles. The molecule has 0 spiro atoms. The Morgan fingerprint density at radius 1 is 1.33 bits per heavy atom. The molecule has 0 saturated heterocycles. The van der Waals surface area contributed by atoms with Gasteiger partial charge in [0.05, 0.1) is 18.8 Å². The average molecular weight is 267 g/mol. The number of hydrogen-bond donors (Lipinski definition) is 1. The number of thioether (sulfide) groups is 1. The summed E-state index contributed by atoms with van der Waals surface area (Å²) in [5.41, 5.74) is 1.59. The summed E-state index contributed by atoms with van der Waals surface area (Å²) in [6, 6.07) is 7.17. The summed E-state index contributed by atoms with van der Waals surface area (Å²) in [7, 11) is 1.36. The van der Waals surface area contributed by atoms with E-state index < -0.39 is 0 Å². The van der Waals surface area contributed by atoms with Gasteiger partial charge < -0.3 is 10.1 Å². The molecule has 1 N–H and O–H groups in total. The first-order valence-corrected chi connectivity index (χ1v) is 6.85. The minimum absolute atomic E-state index is 0.0248. The van der Waals surface area contributed by atoms with E-state index in [0.717, 1.165) is 11.3 Å². The maximum absolute atomic E-state index is 11.6. The van der Waals surface area contributed by atoms with Crippen LogP contribution < -0.4 is 5.32 Å². The van der Waals surface area contributed by atoms with Gasteiger partial charge in [-0.1, -0.05) is 12.1 Å². The van der Waals surface area contributed by atoms with Crippen LogP contribution in [-0.2, 0) is 20.7 Å². The standard InChI is InChI=1S/C13H17NO3S/c1-9(18-3)13(16)14-11-6-4-10(5-7-11)8-12(15)17-2/h4-7,9H,8H2,1-3H3,(H,14,16)/t9-/m0/s1. The number of amides is 1. The largest absolute Gasteiger partial charge is 0.469 e. The van der Waals surface area contributed by atoms with Crippen LogP contribution in [0.1, 0.15) is 12.5 Å². The molecule has 4 nitrogen and oxygen atoms in total. The Balaban J connectivity index is 2.60. The maximum atomic E-state index is 11.6. The summed E-state index contributed by atoms with van der Waals surface area (Å²) in [5, 5.41) is 2.73.